The highest BCUT2D eigenvalue weighted by Crippen LogP contribution is 2.44. The smallest absolute Gasteiger partial charge is 0.284 e. The molecule has 46 heavy (non-hydrogen) atoms. The summed E-state index contributed by atoms with van der Waals surface area (Å²) in [5, 5.41) is 20.9. The van der Waals surface area contributed by atoms with Crippen LogP contribution in [0.25, 0.3) is 28.0 Å². The van der Waals surface area contributed by atoms with E-state index >= 15 is 8.78 Å². The van der Waals surface area contributed by atoms with E-state index in [4.69, 9.17) is 0 Å². The summed E-state index contributed by atoms with van der Waals surface area (Å²) >= 11 is 0. The number of benzene rings is 1. The van der Waals surface area contributed by atoms with Gasteiger partial charge < -0.3 is 14.9 Å². The van der Waals surface area contributed by atoms with Gasteiger partial charge in [0.1, 0.15) is 29.0 Å². The second-order valence-electron chi connectivity index (χ2n) is 11.7. The molecule has 6 rings (SSSR count). The molecule has 2 aliphatic heterocycles. The Morgan fingerprint density at radius 3 is 2.54 bits per heavy atom. The van der Waals surface area contributed by atoms with Crippen molar-refractivity contribution in [1.29, 1.82) is 5.26 Å². The maximum Gasteiger partial charge on any atom is 0.284 e. The zero-order chi connectivity index (χ0) is 33.2. The van der Waals surface area contributed by atoms with Gasteiger partial charge >= 0.3 is 0 Å². The van der Waals surface area contributed by atoms with Crippen LogP contribution >= 0.6 is 0 Å². The summed E-state index contributed by atoms with van der Waals surface area (Å²) in [4.78, 5) is 54.0. The summed E-state index contributed by atoms with van der Waals surface area (Å²) in [5.74, 6) is -3.87. The summed E-state index contributed by atoms with van der Waals surface area (Å²) in [5.41, 5.74) is -0.813. The largest absolute Gasteiger partial charge is 0.507 e. The number of fused-ring (bicyclic) bond motifs is 5. The van der Waals surface area contributed by atoms with Gasteiger partial charge in [-0.25, -0.2) is 18.7 Å². The third kappa shape index (κ3) is 4.40. The number of phenolic OH excluding ortho intramolecular Hbond substituents is 1. The monoisotopic (exact) mass is 625 g/mol. The van der Waals surface area contributed by atoms with Crippen molar-refractivity contribution < 1.29 is 23.5 Å². The molecule has 1 N–H and O–H groups in total. The SMILES string of the molecule is C=CC(=O)N1CC2C(=O)N(C#N)c3c(c4cc(F)c(-c5c(O)cccc5F)nc4n(-c4c(C)ccnc4C(C)C)c3=O)N2CC1C. The van der Waals surface area contributed by atoms with Gasteiger partial charge in [-0.3, -0.25) is 23.9 Å². The Morgan fingerprint density at radius 1 is 1.15 bits per heavy atom. The molecule has 3 aromatic heterocycles. The Kier molecular flexibility index (Phi) is 7.31. The molecule has 0 spiro atoms. The van der Waals surface area contributed by atoms with Crippen molar-refractivity contribution in [2.75, 3.05) is 22.9 Å². The van der Waals surface area contributed by atoms with Gasteiger partial charge in [0.15, 0.2) is 17.7 Å². The number of halogens is 2. The average molecular weight is 626 g/mol. The van der Waals surface area contributed by atoms with E-state index in [2.05, 4.69) is 16.5 Å². The van der Waals surface area contributed by atoms with Gasteiger partial charge in [0.25, 0.3) is 11.5 Å². The lowest BCUT2D eigenvalue weighted by Crippen LogP contribution is -2.66. The van der Waals surface area contributed by atoms with Crippen molar-refractivity contribution in [2.24, 2.45) is 0 Å². The minimum absolute atomic E-state index is 0.0538. The van der Waals surface area contributed by atoms with E-state index in [0.29, 0.717) is 21.8 Å². The molecule has 4 aromatic rings. The van der Waals surface area contributed by atoms with Crippen LogP contribution in [-0.4, -0.2) is 61.5 Å². The topological polar surface area (TPSA) is 136 Å². The van der Waals surface area contributed by atoms with Gasteiger partial charge in [-0.2, -0.15) is 5.26 Å². The standard InChI is InChI=1S/C33H29F2N7O4/c1-6-24(44)39-14-22-32(45)41(15-36)30-29(40(22)13-18(39)5)19-12-21(35)27(25-20(34)8-7-9-23(25)43)38-31(19)42(33(30)46)28-17(4)10-11-37-26(28)16(2)3/h6-12,16,18,22,43H,1,13-14H2,2-5H3. The number of rotatable bonds is 4. The van der Waals surface area contributed by atoms with Crippen LogP contribution in [0.5, 0.6) is 5.75 Å². The lowest BCUT2D eigenvalue weighted by molar-refractivity contribution is -0.130. The number of aromatic nitrogens is 3. The molecule has 0 aliphatic carbocycles. The number of amides is 2. The van der Waals surface area contributed by atoms with Crippen LogP contribution < -0.4 is 15.4 Å². The van der Waals surface area contributed by atoms with Crippen molar-refractivity contribution in [2.45, 2.75) is 45.7 Å². The Morgan fingerprint density at radius 2 is 1.89 bits per heavy atom. The van der Waals surface area contributed by atoms with Gasteiger partial charge in [0, 0.05) is 24.2 Å². The quantitative estimate of drug-likeness (QED) is 0.262. The summed E-state index contributed by atoms with van der Waals surface area (Å²) in [6.45, 7) is 10.7. The third-order valence-corrected chi connectivity index (χ3v) is 8.52. The Hall–Kier alpha value is -5.64. The number of nitriles is 1. The molecule has 234 valence electrons. The van der Waals surface area contributed by atoms with Crippen LogP contribution in [0.15, 0.2) is 54.0 Å². The number of hydrogen-bond acceptors (Lipinski definition) is 8. The normalized spacial score (nSPS) is 17.6. The summed E-state index contributed by atoms with van der Waals surface area (Å²) in [6.07, 6.45) is 4.53. The van der Waals surface area contributed by atoms with E-state index in [1.54, 1.807) is 31.0 Å². The molecule has 0 radical (unpaired) electrons. The fourth-order valence-corrected chi connectivity index (χ4v) is 6.38. The van der Waals surface area contributed by atoms with Crippen molar-refractivity contribution >= 4 is 34.2 Å². The predicted octanol–water partition coefficient (Wildman–Crippen LogP) is 4.28. The second-order valence-corrected chi connectivity index (χ2v) is 11.7. The highest BCUT2D eigenvalue weighted by atomic mass is 19.1. The molecule has 1 aromatic carbocycles. The fraction of sp³-hybridized carbons (Fsp3) is 0.273. The number of pyridine rings is 3. The molecule has 2 amide bonds. The molecule has 2 aliphatic rings. The highest BCUT2D eigenvalue weighted by molar-refractivity contribution is 6.13. The first-order valence-corrected chi connectivity index (χ1v) is 14.6. The zero-order valence-electron chi connectivity index (χ0n) is 25.5. The number of anilines is 2. The van der Waals surface area contributed by atoms with Crippen LogP contribution in [0.4, 0.5) is 20.2 Å². The molecule has 2 unspecified atom stereocenters. The van der Waals surface area contributed by atoms with E-state index in [-0.39, 0.29) is 41.4 Å². The number of phenols is 1. The van der Waals surface area contributed by atoms with Crippen LogP contribution in [-0.2, 0) is 9.59 Å². The third-order valence-electron chi connectivity index (χ3n) is 8.52. The Bertz CT molecular complexity index is 2070. The van der Waals surface area contributed by atoms with Crippen molar-refractivity contribution in [3.05, 3.63) is 82.4 Å². The summed E-state index contributed by atoms with van der Waals surface area (Å²) in [7, 11) is 0. The molecular weight excluding hydrogens is 596 g/mol. The van der Waals surface area contributed by atoms with Crippen LogP contribution in [0.1, 0.15) is 37.9 Å². The fourth-order valence-electron chi connectivity index (χ4n) is 6.38. The molecule has 5 heterocycles. The van der Waals surface area contributed by atoms with Gasteiger partial charge in [0.05, 0.1) is 29.2 Å². The molecule has 0 bridgehead atoms. The van der Waals surface area contributed by atoms with Gasteiger partial charge in [-0.05, 0) is 55.7 Å². The van der Waals surface area contributed by atoms with Crippen LogP contribution in [0.3, 0.4) is 0 Å². The van der Waals surface area contributed by atoms with Gasteiger partial charge in [-0.1, -0.05) is 26.5 Å². The number of carbonyl (C=O) groups is 2. The predicted molar refractivity (Wildman–Crippen MR) is 167 cm³/mol. The average Bonchev–Trinajstić information content (AvgIpc) is 3.01. The minimum Gasteiger partial charge on any atom is -0.507 e. The first-order valence-electron chi connectivity index (χ1n) is 14.6. The van der Waals surface area contributed by atoms with Crippen LogP contribution in [0.2, 0.25) is 0 Å². The van der Waals surface area contributed by atoms with E-state index in [0.717, 1.165) is 18.2 Å². The zero-order valence-corrected chi connectivity index (χ0v) is 25.5. The number of piperazine rings is 1. The van der Waals surface area contributed by atoms with Gasteiger partial charge in [-0.15, -0.1) is 0 Å². The number of hydrogen-bond donors (Lipinski definition) is 1. The van der Waals surface area contributed by atoms with Crippen molar-refractivity contribution in [1.82, 2.24) is 19.4 Å². The highest BCUT2D eigenvalue weighted by Gasteiger charge is 2.47. The summed E-state index contributed by atoms with van der Waals surface area (Å²) in [6, 6.07) is 4.69. The number of carbonyl (C=O) groups excluding carboxylic acids is 2. The number of aromatic hydroxyl groups is 1. The second kappa shape index (κ2) is 11.1. The van der Waals surface area contributed by atoms with E-state index in [9.17, 15) is 24.8 Å². The minimum atomic E-state index is -1.09. The molecule has 2 atom stereocenters. The van der Waals surface area contributed by atoms with Crippen LogP contribution in [0, 0.1) is 30.0 Å². The molecule has 13 heteroatoms. The lowest BCUT2D eigenvalue weighted by Gasteiger charge is -2.49. The first-order chi connectivity index (χ1) is 21.9. The first kappa shape index (κ1) is 30.4. The number of aryl methyl sites for hydroxylation is 1. The maximum absolute atomic E-state index is 16.2. The van der Waals surface area contributed by atoms with E-state index in [1.165, 1.54) is 21.6 Å². The molecule has 1 fully saturated rings. The lowest BCUT2D eigenvalue weighted by atomic mass is 9.98. The molecular formula is C33H29F2N7O4. The summed E-state index contributed by atoms with van der Waals surface area (Å²) < 4.78 is 32.4. The molecule has 0 saturated carbocycles. The molecule has 11 nitrogen and oxygen atoms in total. The Balaban J connectivity index is 1.78. The maximum atomic E-state index is 16.2. The van der Waals surface area contributed by atoms with E-state index < -0.39 is 58.1 Å². The molecule has 1 saturated heterocycles. The number of nitrogens with zero attached hydrogens (tertiary/aromatic N) is 7. The van der Waals surface area contributed by atoms with Gasteiger partial charge in [0.2, 0.25) is 5.91 Å². The van der Waals surface area contributed by atoms with Crippen molar-refractivity contribution in [3.8, 4) is 28.9 Å². The Labute approximate surface area is 262 Å². The van der Waals surface area contributed by atoms with Crippen molar-refractivity contribution in [3.63, 3.8) is 0 Å². The van der Waals surface area contributed by atoms with E-state index in [1.807, 2.05) is 20.0 Å².